The Morgan fingerprint density at radius 1 is 0.407 bits per heavy atom. The third kappa shape index (κ3) is 21.5. The third-order valence-electron chi connectivity index (χ3n) is 23.4. The van der Waals surface area contributed by atoms with Crippen LogP contribution in [0.3, 0.4) is 0 Å². The molecule has 0 fully saturated rings. The first-order chi connectivity index (χ1) is 72.3. The highest BCUT2D eigenvalue weighted by molar-refractivity contribution is 6.48. The number of methoxy groups -OCH3 is 1. The number of halogens is 6. The van der Waals surface area contributed by atoms with Gasteiger partial charge >= 0.3 is 12.4 Å². The van der Waals surface area contributed by atoms with Crippen LogP contribution in [0.4, 0.5) is 60.5 Å². The molecule has 0 saturated heterocycles. The molecule has 42 nitrogen and oxygen atoms in total. The lowest BCUT2D eigenvalue weighted by atomic mass is 9.93. The molecule has 16 heterocycles. The summed E-state index contributed by atoms with van der Waals surface area (Å²) in [5.74, 6) is 0.989. The Morgan fingerprint density at radius 3 is 1.10 bits per heavy atom. The van der Waals surface area contributed by atoms with Gasteiger partial charge in [-0.25, -0.2) is 29.9 Å². The number of amides is 6. The number of imidazole rings is 6. The molecule has 150 heavy (non-hydrogen) atoms. The number of fused-ring (bicyclic) bond motifs is 6. The van der Waals surface area contributed by atoms with Crippen molar-refractivity contribution in [1.82, 2.24) is 131 Å². The van der Waals surface area contributed by atoms with Crippen LogP contribution in [0.1, 0.15) is 102 Å². The number of hydrogen-bond acceptors (Lipinski definition) is 23. The highest BCUT2D eigenvalue weighted by Gasteiger charge is 2.43. The van der Waals surface area contributed by atoms with Crippen molar-refractivity contribution >= 4 is 141 Å². The minimum atomic E-state index is -4.84. The molecule has 19 N–H and O–H groups in total. The number of aliphatic imine (C=N–C) groups is 1. The first-order valence-electron chi connectivity index (χ1n) is 46.0. The summed E-state index contributed by atoms with van der Waals surface area (Å²) in [6.07, 6.45) is 9.95. The fourth-order valence-electron chi connectivity index (χ4n) is 16.1. The molecule has 0 saturated carbocycles. The van der Waals surface area contributed by atoms with Gasteiger partial charge in [-0.3, -0.25) is 64.4 Å². The van der Waals surface area contributed by atoms with Crippen LogP contribution in [0.2, 0.25) is 0 Å². The number of rotatable bonds is 19. The van der Waals surface area contributed by atoms with Gasteiger partial charge in [0.2, 0.25) is 0 Å². The van der Waals surface area contributed by atoms with E-state index < -0.39 is 41.1 Å². The summed E-state index contributed by atoms with van der Waals surface area (Å²) in [5.41, 5.74) is 17.2. The Kier molecular flexibility index (Phi) is 27.3. The summed E-state index contributed by atoms with van der Waals surface area (Å²) in [6, 6.07) is 49.0. The molecule has 1 aliphatic heterocycles. The van der Waals surface area contributed by atoms with E-state index in [0.29, 0.717) is 150 Å². The van der Waals surface area contributed by atoms with Crippen LogP contribution in [0.15, 0.2) is 279 Å². The first-order valence-corrected chi connectivity index (χ1v) is 46.0. The van der Waals surface area contributed by atoms with Gasteiger partial charge < -0.3 is 80.5 Å². The lowest BCUT2D eigenvalue weighted by molar-refractivity contribution is -0.155. The Balaban J connectivity index is 0.000000113. The second-order valence-corrected chi connectivity index (χ2v) is 35.1. The number of aryl methyl sites for hydroxylation is 2. The second kappa shape index (κ2) is 41.6. The van der Waals surface area contributed by atoms with Crippen molar-refractivity contribution in [2.75, 3.05) is 45.6 Å². The molecule has 756 valence electrons. The molecule has 15 aromatic heterocycles. The highest BCUT2D eigenvalue weighted by Crippen LogP contribution is 2.41. The monoisotopic (exact) mass is 2030 g/mol. The lowest BCUT2D eigenvalue weighted by Crippen LogP contribution is -2.20. The Labute approximate surface area is 840 Å². The molecule has 0 bridgehead atoms. The van der Waals surface area contributed by atoms with E-state index in [9.17, 15) is 55.1 Å². The molecule has 0 atom stereocenters. The van der Waals surface area contributed by atoms with Crippen molar-refractivity contribution in [2.45, 2.75) is 79.1 Å². The molecule has 24 rings (SSSR count). The number of aromatic amines is 13. The number of ether oxygens (including phenoxy) is 1. The van der Waals surface area contributed by atoms with Crippen LogP contribution in [0.25, 0.3) is 135 Å². The van der Waals surface area contributed by atoms with Crippen molar-refractivity contribution < 1.29 is 68.8 Å². The van der Waals surface area contributed by atoms with Gasteiger partial charge in [-0.05, 0) is 149 Å². The van der Waals surface area contributed by atoms with E-state index in [1.165, 1.54) is 25.4 Å². The standard InChI is InChI=1S/C20H21N5O2.C18H14F3N5O.C17H15N5O2.C16H11F3N6O2.C16H14N6O.C15H12N6O/c1-11-12(9-16(27-11)20(2,3)4)19(26)24-15-10-21-25-17(15)18-22-13-7-5-6-8-14(13)23-18;1-9-6-10(11(7-9)18(19,20)21)17(27)25-14-8-22-26-15(14)16-23-12-4-2-3-5-13(12)24-16;1-24-14-8-4-5-10(14)17(23)21-13-9-18-22-15(13)16-19-11-6-2-3-7-12(11)20-16;1-7-11(13(27-25-7)16(17,18)19)15(26)23-10-6-20-24-12(10)14-21-8-4-2-3-5-9(8)22-14;1-9-6-12(17-7-9)16(23)21-13-8-18-22-14(13)15-19-10-4-2-3-5-11(10)20-15;22-15(9-5-6-16-7-9)20-12-8-17-21-13(12)14-18-10-3-1-2-4-11(10)19-14/h5-10H,1-4H3,(H,21,25)(H,22,23)(H,24,26);2-6,8H,7H2,1H3,(H,22,26)(H,23,24)(H,25,27);2-3,5-9H,4H2,1H3,(H,18,22)(H,19,20)(H,21,23);2-6H,1H3,(H,20,24)(H,21,22)(H,23,26);2-6,8H,7H2,1H3,(H,18,22)(H,19,20)(H,21,23);1-8,16H,(H,17,21)(H,18,19)(H,20,22). The third-order valence-corrected chi connectivity index (χ3v) is 23.4. The number of anilines is 6. The van der Waals surface area contributed by atoms with Crippen molar-refractivity contribution in [3.63, 3.8) is 0 Å². The Morgan fingerprint density at radius 2 is 0.767 bits per heavy atom. The number of carbonyl (C=O) groups is 6. The maximum Gasteiger partial charge on any atom is 0.453 e. The molecule has 21 aromatic rings. The zero-order valence-electron chi connectivity index (χ0n) is 80.3. The number of furan rings is 1. The van der Waals surface area contributed by atoms with Crippen molar-refractivity contribution in [1.29, 1.82) is 0 Å². The minimum Gasteiger partial charge on any atom is -0.496 e. The van der Waals surface area contributed by atoms with E-state index in [2.05, 4.69) is 173 Å². The van der Waals surface area contributed by atoms with Crippen molar-refractivity contribution in [3.8, 4) is 69.1 Å². The topological polar surface area (TPSA) is 595 Å². The van der Waals surface area contributed by atoms with E-state index in [1.54, 1.807) is 82.4 Å². The van der Waals surface area contributed by atoms with Gasteiger partial charge in [-0.2, -0.15) is 56.9 Å². The number of benzene rings is 6. The summed E-state index contributed by atoms with van der Waals surface area (Å²) >= 11 is 0. The van der Waals surface area contributed by atoms with Crippen LogP contribution in [0, 0.1) is 13.8 Å². The van der Waals surface area contributed by atoms with Crippen LogP contribution in [-0.2, 0) is 30.7 Å². The van der Waals surface area contributed by atoms with Crippen molar-refractivity contribution in [2.24, 2.45) is 4.99 Å². The quantitative estimate of drug-likeness (QED) is 0.0334. The lowest BCUT2D eigenvalue weighted by Gasteiger charge is -2.13. The highest BCUT2D eigenvalue weighted by atomic mass is 19.4. The van der Waals surface area contributed by atoms with Crippen LogP contribution in [0.5, 0.6) is 0 Å². The molecule has 0 radical (unpaired) electrons. The van der Waals surface area contributed by atoms with Crippen LogP contribution in [-0.4, -0.2) is 192 Å². The van der Waals surface area contributed by atoms with E-state index in [-0.39, 0.29) is 58.1 Å². The number of nitrogens with one attached hydrogen (secondary N) is 19. The molecule has 3 aliphatic rings. The molecular formula is C102H87F6N33O9. The Hall–Kier alpha value is -20.3. The average Bonchev–Trinajstić information content (AvgIpc) is 1.69. The van der Waals surface area contributed by atoms with Gasteiger partial charge in [0.05, 0.1) is 174 Å². The largest absolute Gasteiger partial charge is 0.496 e. The van der Waals surface area contributed by atoms with E-state index in [4.69, 9.17) is 9.15 Å². The summed E-state index contributed by atoms with van der Waals surface area (Å²) in [7, 11) is 1.55. The van der Waals surface area contributed by atoms with E-state index in [1.807, 2.05) is 179 Å². The average molecular weight is 2030 g/mol. The first kappa shape index (κ1) is 98.5. The molecule has 0 spiro atoms. The molecular weight excluding hydrogens is 1950 g/mol. The van der Waals surface area contributed by atoms with Gasteiger partial charge in [0.1, 0.15) is 62.7 Å². The zero-order chi connectivity index (χ0) is 105. The molecule has 6 amide bonds. The number of allylic oxidation sites excluding steroid dienone is 4. The SMILES string of the molecule is CC1=CC(C(=O)Nc2cn[nH]c2-c2nc3ccccc3[nH]2)=C(C(F)(F)F)C1.CC1=CC(C(=O)Nc2cn[nH]c2-c2nc3ccccc3[nH]2)=NC1.COC1=CCC=C1C(=O)Nc1cn[nH]c1-c1nc2ccccc2[nH]1.Cc1noc(C(F)(F)F)c1C(=O)Nc1cn[nH]c1-c1nc2ccccc2[nH]1.Cc1oc(C(C)(C)C)cc1C(=O)Nc1cn[nH]c1-c1nc2ccccc2[nH]1.O=C(Nc1cn[nH]c1-c1nc2ccccc2[nH]1)c1cc[nH]c1. The normalized spacial score (nSPS) is 12.9. The predicted octanol–water partition coefficient (Wildman–Crippen LogP) is 19.6. The second-order valence-electron chi connectivity index (χ2n) is 35.1. The van der Waals surface area contributed by atoms with Gasteiger partial charge in [0, 0.05) is 29.0 Å². The summed E-state index contributed by atoms with van der Waals surface area (Å²) in [5, 5.41) is 60.3. The number of hydrogen-bond donors (Lipinski definition) is 19. The summed E-state index contributed by atoms with van der Waals surface area (Å²) in [6.45, 7) is 13.3. The van der Waals surface area contributed by atoms with E-state index in [0.717, 1.165) is 72.0 Å². The molecule has 48 heteroatoms. The van der Waals surface area contributed by atoms with Gasteiger partial charge in [-0.15, -0.1) is 0 Å². The van der Waals surface area contributed by atoms with Gasteiger partial charge in [0.25, 0.3) is 41.2 Å². The maximum absolute atomic E-state index is 13.2. The number of nitrogens with zero attached hydrogens (tertiary/aromatic N) is 14. The number of carbonyl (C=O) groups excluding carboxylic acids is 6. The molecule has 0 unspecified atom stereocenters. The van der Waals surface area contributed by atoms with Crippen molar-refractivity contribution in [3.05, 3.63) is 305 Å². The number of para-hydroxylation sites is 12. The minimum absolute atomic E-state index is 0.160. The number of H-pyrrole nitrogens is 13. The fourth-order valence-corrected chi connectivity index (χ4v) is 16.1. The Bertz CT molecular complexity index is 8670. The van der Waals surface area contributed by atoms with Crippen LogP contribution >= 0.6 is 0 Å². The van der Waals surface area contributed by atoms with Crippen LogP contribution < -0.4 is 31.9 Å². The summed E-state index contributed by atoms with van der Waals surface area (Å²) < 4.78 is 93.8. The molecule has 2 aliphatic carbocycles. The smallest absolute Gasteiger partial charge is 0.453 e. The van der Waals surface area contributed by atoms with Gasteiger partial charge in [0.15, 0.2) is 34.9 Å². The molecule has 6 aromatic carbocycles. The number of aromatic nitrogens is 26. The maximum atomic E-state index is 13.2. The zero-order valence-corrected chi connectivity index (χ0v) is 80.3. The number of alkyl halides is 6. The predicted molar refractivity (Wildman–Crippen MR) is 546 cm³/mol. The van der Waals surface area contributed by atoms with Gasteiger partial charge in [-0.1, -0.05) is 110 Å². The fraction of sp³-hybridized carbons (Fsp3) is 0.137. The summed E-state index contributed by atoms with van der Waals surface area (Å²) in [4.78, 5) is 127. The van der Waals surface area contributed by atoms with E-state index >= 15 is 0 Å².